The molecule has 0 atom stereocenters. The normalized spacial score (nSPS) is 10.3. The smallest absolute Gasteiger partial charge is 0.474 e. The molecule has 3 nitrogen and oxygen atoms in total. The Labute approximate surface area is 155 Å². The van der Waals surface area contributed by atoms with E-state index in [1.807, 2.05) is 97.9 Å². The first-order valence-corrected chi connectivity index (χ1v) is 10.2. The first-order chi connectivity index (χ1) is 12.8. The quantitative estimate of drug-likeness (QED) is 0.451. The van der Waals surface area contributed by atoms with Crippen molar-refractivity contribution in [2.24, 2.45) is 0 Å². The van der Waals surface area contributed by atoms with E-state index in [-0.39, 0.29) is 0 Å². The highest BCUT2D eigenvalue weighted by atomic mass is 28.4. The molecule has 0 aromatic heterocycles. The Morgan fingerprint density at radius 1 is 0.615 bits per heavy atom. The molecule has 0 aliphatic heterocycles. The van der Waals surface area contributed by atoms with Crippen LogP contribution >= 0.6 is 0 Å². The van der Waals surface area contributed by atoms with Gasteiger partial charge in [-0.15, -0.1) is 0 Å². The van der Waals surface area contributed by atoms with E-state index in [4.69, 9.17) is 13.3 Å². The van der Waals surface area contributed by atoms with E-state index in [1.54, 1.807) is 0 Å². The monoisotopic (exact) mass is 360 g/mol. The fourth-order valence-electron chi connectivity index (χ4n) is 2.27. The number of hydrogen-bond donors (Lipinski definition) is 0. The molecule has 0 unspecified atom stereocenters. The highest BCUT2D eigenvalue weighted by Crippen LogP contribution is 2.23. The molecule has 0 spiro atoms. The van der Waals surface area contributed by atoms with Gasteiger partial charge in [0.1, 0.15) is 17.2 Å². The minimum absolute atomic E-state index is 0.663. The summed E-state index contributed by atoms with van der Waals surface area (Å²) < 4.78 is 18.7. The maximum atomic E-state index is 6.23. The topological polar surface area (TPSA) is 27.7 Å². The first-order valence-electron chi connectivity index (χ1n) is 8.52. The molecule has 0 aliphatic rings. The number of hydrogen-bond acceptors (Lipinski definition) is 3. The Hall–Kier alpha value is -3.16. The zero-order valence-corrected chi connectivity index (χ0v) is 15.6. The highest BCUT2D eigenvalue weighted by Gasteiger charge is 2.49. The van der Waals surface area contributed by atoms with Gasteiger partial charge in [-0.1, -0.05) is 67.4 Å². The fourth-order valence-corrected chi connectivity index (χ4v) is 4.28. The third kappa shape index (κ3) is 4.92. The summed E-state index contributed by atoms with van der Waals surface area (Å²) in [6.07, 6.45) is 0.684. The van der Waals surface area contributed by atoms with Crippen molar-refractivity contribution < 1.29 is 13.3 Å². The number of rotatable bonds is 6. The third-order valence-corrected chi connectivity index (χ3v) is 5.40. The lowest BCUT2D eigenvalue weighted by molar-refractivity contribution is 0.283. The summed E-state index contributed by atoms with van der Waals surface area (Å²) in [5, 5.41) is 0. The van der Waals surface area contributed by atoms with Gasteiger partial charge in [-0.2, -0.15) is 0 Å². The van der Waals surface area contributed by atoms with Gasteiger partial charge in [0.15, 0.2) is 0 Å². The molecule has 4 heteroatoms. The van der Waals surface area contributed by atoms with Crippen molar-refractivity contribution in [2.75, 3.05) is 0 Å². The summed E-state index contributed by atoms with van der Waals surface area (Å²) in [6, 6.07) is 28.5. The van der Waals surface area contributed by atoms with Gasteiger partial charge in [-0.25, -0.2) is 0 Å². The Kier molecular flexibility index (Phi) is 5.97. The van der Waals surface area contributed by atoms with E-state index in [0.717, 1.165) is 0 Å². The second-order valence-electron chi connectivity index (χ2n) is 5.46. The molecule has 0 saturated carbocycles. The average Bonchev–Trinajstić information content (AvgIpc) is 2.69. The van der Waals surface area contributed by atoms with Crippen LogP contribution in [0, 0.1) is 11.5 Å². The van der Waals surface area contributed by atoms with Crippen molar-refractivity contribution in [1.82, 2.24) is 0 Å². The van der Waals surface area contributed by atoms with E-state index in [1.165, 1.54) is 0 Å². The van der Waals surface area contributed by atoms with Crippen LogP contribution in [0.1, 0.15) is 13.3 Å². The Bertz CT molecular complexity index is 754. The molecule has 0 amide bonds. The van der Waals surface area contributed by atoms with Gasteiger partial charge >= 0.3 is 8.80 Å². The minimum atomic E-state index is -3.40. The third-order valence-electron chi connectivity index (χ3n) is 3.40. The summed E-state index contributed by atoms with van der Waals surface area (Å²) in [5.74, 6) is 5.08. The van der Waals surface area contributed by atoms with E-state index in [2.05, 4.69) is 11.5 Å². The molecule has 3 rings (SSSR count). The zero-order valence-electron chi connectivity index (χ0n) is 14.6. The second-order valence-corrected chi connectivity index (χ2v) is 7.43. The summed E-state index contributed by atoms with van der Waals surface area (Å²) in [4.78, 5) is 0. The van der Waals surface area contributed by atoms with Gasteiger partial charge in [0.25, 0.3) is 0 Å². The van der Waals surface area contributed by atoms with Crippen molar-refractivity contribution in [3.8, 4) is 28.7 Å². The van der Waals surface area contributed by atoms with E-state index >= 15 is 0 Å². The molecule has 0 saturated heterocycles. The van der Waals surface area contributed by atoms with Gasteiger partial charge in [0, 0.05) is 12.0 Å². The van der Waals surface area contributed by atoms with Crippen LogP contribution in [0.15, 0.2) is 91.0 Å². The molecular weight excluding hydrogens is 340 g/mol. The molecule has 0 N–H and O–H groups in total. The first kappa shape index (κ1) is 17.7. The van der Waals surface area contributed by atoms with Crippen LogP contribution in [0.3, 0.4) is 0 Å². The summed E-state index contributed by atoms with van der Waals surface area (Å²) in [5.41, 5.74) is 3.15. The van der Waals surface area contributed by atoms with Gasteiger partial charge < -0.3 is 13.3 Å². The highest BCUT2D eigenvalue weighted by molar-refractivity contribution is 6.71. The van der Waals surface area contributed by atoms with Gasteiger partial charge in [-0.05, 0) is 36.4 Å². The van der Waals surface area contributed by atoms with Gasteiger partial charge in [-0.3, -0.25) is 0 Å². The Balaban J connectivity index is 2.00. The van der Waals surface area contributed by atoms with Crippen molar-refractivity contribution >= 4 is 8.80 Å². The van der Waals surface area contributed by atoms with E-state index in [9.17, 15) is 0 Å². The molecule has 0 radical (unpaired) electrons. The maximum absolute atomic E-state index is 6.23. The van der Waals surface area contributed by atoms with Crippen LogP contribution in [0.25, 0.3) is 0 Å². The molecule has 130 valence electrons. The van der Waals surface area contributed by atoms with Gasteiger partial charge in [0.2, 0.25) is 0 Å². The Morgan fingerprint density at radius 3 is 1.27 bits per heavy atom. The Morgan fingerprint density at radius 2 is 0.962 bits per heavy atom. The van der Waals surface area contributed by atoms with Crippen molar-refractivity contribution in [2.45, 2.75) is 13.3 Å². The van der Waals surface area contributed by atoms with E-state index < -0.39 is 8.80 Å². The van der Waals surface area contributed by atoms with Crippen LogP contribution in [0.4, 0.5) is 0 Å². The van der Waals surface area contributed by atoms with Crippen LogP contribution in [-0.4, -0.2) is 8.80 Å². The standard InChI is InChI=1S/C22H20O3Si/c1-2-3-19-26(23-20-13-7-4-8-14-20,24-21-15-9-5-10-16-21)25-22-17-11-6-12-18-22/h4-18H,2H2,1H3. The van der Waals surface area contributed by atoms with Crippen LogP contribution in [0.5, 0.6) is 17.2 Å². The summed E-state index contributed by atoms with van der Waals surface area (Å²) in [6.45, 7) is 1.99. The van der Waals surface area contributed by atoms with E-state index in [0.29, 0.717) is 23.7 Å². The number of para-hydroxylation sites is 3. The molecule has 3 aromatic carbocycles. The fraction of sp³-hybridized carbons (Fsp3) is 0.0909. The molecule has 3 aromatic rings. The lowest BCUT2D eigenvalue weighted by Crippen LogP contribution is -2.54. The molecule has 0 fully saturated rings. The average molecular weight is 360 g/mol. The van der Waals surface area contributed by atoms with Crippen molar-refractivity contribution in [3.63, 3.8) is 0 Å². The molecule has 0 heterocycles. The lowest BCUT2D eigenvalue weighted by Gasteiger charge is -2.26. The lowest BCUT2D eigenvalue weighted by atomic mass is 10.3. The predicted octanol–water partition coefficient (Wildman–Crippen LogP) is 5.11. The molecule has 0 aliphatic carbocycles. The maximum Gasteiger partial charge on any atom is 0.793 e. The minimum Gasteiger partial charge on any atom is -0.474 e. The second kappa shape index (κ2) is 8.79. The predicted molar refractivity (Wildman–Crippen MR) is 105 cm³/mol. The van der Waals surface area contributed by atoms with Crippen LogP contribution in [0.2, 0.25) is 0 Å². The number of benzene rings is 3. The summed E-state index contributed by atoms with van der Waals surface area (Å²) in [7, 11) is -3.40. The molecule has 0 bridgehead atoms. The summed E-state index contributed by atoms with van der Waals surface area (Å²) >= 11 is 0. The van der Waals surface area contributed by atoms with Crippen molar-refractivity contribution in [1.29, 1.82) is 0 Å². The largest absolute Gasteiger partial charge is 0.793 e. The van der Waals surface area contributed by atoms with Crippen molar-refractivity contribution in [3.05, 3.63) is 91.0 Å². The van der Waals surface area contributed by atoms with Gasteiger partial charge in [0.05, 0.1) is 0 Å². The molecule has 26 heavy (non-hydrogen) atoms. The van der Waals surface area contributed by atoms with Crippen LogP contribution < -0.4 is 13.3 Å². The SMILES string of the molecule is CCC#C[Si](Oc1ccccc1)(Oc1ccccc1)Oc1ccccc1. The zero-order chi connectivity index (χ0) is 18.1. The van der Waals surface area contributed by atoms with Crippen LogP contribution in [-0.2, 0) is 0 Å². The molecular formula is C22H20O3Si.